The van der Waals surface area contributed by atoms with Crippen molar-refractivity contribution < 1.29 is 18.0 Å². The van der Waals surface area contributed by atoms with Gasteiger partial charge in [0.15, 0.2) is 11.6 Å². The molecule has 2 heterocycles. The van der Waals surface area contributed by atoms with E-state index in [1.807, 2.05) is 0 Å². The minimum absolute atomic E-state index is 0.0508. The van der Waals surface area contributed by atoms with E-state index in [0.717, 1.165) is 6.07 Å². The van der Waals surface area contributed by atoms with Crippen LogP contribution < -0.4 is 5.32 Å². The van der Waals surface area contributed by atoms with Crippen molar-refractivity contribution in [1.82, 2.24) is 9.55 Å². The number of benzene rings is 2. The third-order valence-electron chi connectivity index (χ3n) is 4.24. The number of rotatable bonds is 2. The zero-order valence-electron chi connectivity index (χ0n) is 12.8. The van der Waals surface area contributed by atoms with Gasteiger partial charge in [-0.3, -0.25) is 9.36 Å². The quantitative estimate of drug-likeness (QED) is 0.770. The van der Waals surface area contributed by atoms with Crippen molar-refractivity contribution in [1.29, 1.82) is 0 Å². The Morgan fingerprint density at radius 1 is 1.04 bits per heavy atom. The Hall–Kier alpha value is -3.09. The second-order valence-corrected chi connectivity index (χ2v) is 5.75. The van der Waals surface area contributed by atoms with Crippen LogP contribution in [0, 0.1) is 17.5 Å². The molecule has 0 unspecified atom stereocenters. The molecule has 7 heteroatoms. The highest BCUT2D eigenvalue weighted by molar-refractivity contribution is 5.94. The van der Waals surface area contributed by atoms with Crippen molar-refractivity contribution in [3.63, 3.8) is 0 Å². The molecule has 0 fully saturated rings. The first-order valence-corrected chi connectivity index (χ1v) is 7.62. The number of imidazole rings is 1. The Bertz CT molecular complexity index is 983. The van der Waals surface area contributed by atoms with E-state index in [-0.39, 0.29) is 29.4 Å². The standard InChI is InChI=1S/C18H12F3N3O/c19-12-5-1-2-7-14(12)24-9-22-17-11(8-15(25)23-18(17)24)10-4-3-6-13(20)16(10)21/h1-7,9,11H,8H2,(H,23,25)/t11-/m0/s1. The molecule has 0 saturated heterocycles. The number of para-hydroxylation sites is 1. The Kier molecular flexibility index (Phi) is 3.56. The van der Waals surface area contributed by atoms with Crippen LogP contribution in [-0.2, 0) is 4.79 Å². The topological polar surface area (TPSA) is 46.9 Å². The zero-order valence-corrected chi connectivity index (χ0v) is 12.8. The average Bonchev–Trinajstić information content (AvgIpc) is 3.01. The number of halogens is 3. The van der Waals surface area contributed by atoms with Crippen LogP contribution in [0.1, 0.15) is 23.6 Å². The number of hydrogen-bond acceptors (Lipinski definition) is 2. The van der Waals surface area contributed by atoms with Crippen LogP contribution in [0.2, 0.25) is 0 Å². The fraction of sp³-hybridized carbons (Fsp3) is 0.111. The van der Waals surface area contributed by atoms with Gasteiger partial charge in [0.25, 0.3) is 0 Å². The van der Waals surface area contributed by atoms with Crippen molar-refractivity contribution in [3.8, 4) is 5.69 Å². The average molecular weight is 343 g/mol. The maximum Gasteiger partial charge on any atom is 0.226 e. The van der Waals surface area contributed by atoms with Gasteiger partial charge in [-0.2, -0.15) is 0 Å². The number of nitrogens with zero attached hydrogens (tertiary/aromatic N) is 2. The van der Waals surface area contributed by atoms with Gasteiger partial charge in [0.2, 0.25) is 5.91 Å². The molecule has 4 nitrogen and oxygen atoms in total. The maximum atomic E-state index is 14.2. The fourth-order valence-corrected chi connectivity index (χ4v) is 3.08. The first-order valence-electron chi connectivity index (χ1n) is 7.62. The van der Waals surface area contributed by atoms with Gasteiger partial charge in [0.05, 0.1) is 11.4 Å². The SMILES string of the molecule is O=C1C[C@@H](c2cccc(F)c2F)c2ncn(-c3ccccc3F)c2N1. The van der Waals surface area contributed by atoms with E-state index in [2.05, 4.69) is 10.3 Å². The van der Waals surface area contributed by atoms with Gasteiger partial charge in [-0.05, 0) is 18.2 Å². The van der Waals surface area contributed by atoms with Crippen molar-refractivity contribution in [2.75, 3.05) is 5.32 Å². The lowest BCUT2D eigenvalue weighted by Crippen LogP contribution is -2.25. The van der Waals surface area contributed by atoms with Crippen LogP contribution in [0.25, 0.3) is 5.69 Å². The van der Waals surface area contributed by atoms with E-state index < -0.39 is 23.4 Å². The molecule has 0 aliphatic carbocycles. The third-order valence-corrected chi connectivity index (χ3v) is 4.24. The smallest absolute Gasteiger partial charge is 0.226 e. The molecule has 1 amide bonds. The lowest BCUT2D eigenvalue weighted by atomic mass is 9.89. The molecular formula is C18H12F3N3O. The summed E-state index contributed by atoms with van der Waals surface area (Å²) < 4.78 is 43.3. The second-order valence-electron chi connectivity index (χ2n) is 5.75. The lowest BCUT2D eigenvalue weighted by Gasteiger charge is -2.23. The number of carbonyl (C=O) groups excluding carboxylic acids is 1. The van der Waals surface area contributed by atoms with Crippen molar-refractivity contribution in [2.24, 2.45) is 0 Å². The summed E-state index contributed by atoms with van der Waals surface area (Å²) in [6.45, 7) is 0. The number of carbonyl (C=O) groups is 1. The number of anilines is 1. The molecule has 25 heavy (non-hydrogen) atoms. The number of fused-ring (bicyclic) bond motifs is 1. The van der Waals surface area contributed by atoms with Gasteiger partial charge in [-0.1, -0.05) is 24.3 Å². The van der Waals surface area contributed by atoms with Gasteiger partial charge >= 0.3 is 0 Å². The van der Waals surface area contributed by atoms with Gasteiger partial charge in [-0.15, -0.1) is 0 Å². The van der Waals surface area contributed by atoms with E-state index in [0.29, 0.717) is 5.69 Å². The zero-order chi connectivity index (χ0) is 17.6. The highest BCUT2D eigenvalue weighted by atomic mass is 19.2. The molecule has 0 radical (unpaired) electrons. The number of aromatic nitrogens is 2. The van der Waals surface area contributed by atoms with E-state index in [1.54, 1.807) is 12.1 Å². The predicted molar refractivity (Wildman–Crippen MR) is 85.0 cm³/mol. The molecule has 126 valence electrons. The molecule has 1 atom stereocenters. The molecule has 1 aliphatic heterocycles. The molecule has 2 aromatic carbocycles. The summed E-state index contributed by atoms with van der Waals surface area (Å²) in [5.74, 6) is -3.34. The fourth-order valence-electron chi connectivity index (χ4n) is 3.08. The number of amides is 1. The van der Waals surface area contributed by atoms with Crippen LogP contribution in [0.3, 0.4) is 0 Å². The summed E-state index contributed by atoms with van der Waals surface area (Å²) in [6, 6.07) is 9.85. The second kappa shape index (κ2) is 5.77. The van der Waals surface area contributed by atoms with Crippen LogP contribution in [0.15, 0.2) is 48.8 Å². The molecule has 0 spiro atoms. The minimum Gasteiger partial charge on any atom is -0.310 e. The van der Waals surface area contributed by atoms with Crippen LogP contribution in [-0.4, -0.2) is 15.5 Å². The van der Waals surface area contributed by atoms with Gasteiger partial charge in [-0.25, -0.2) is 18.2 Å². The summed E-state index contributed by atoms with van der Waals surface area (Å²) in [4.78, 5) is 16.3. The molecule has 0 saturated carbocycles. The lowest BCUT2D eigenvalue weighted by molar-refractivity contribution is -0.116. The predicted octanol–water partition coefficient (Wildman–Crippen LogP) is 3.76. The highest BCUT2D eigenvalue weighted by Gasteiger charge is 2.33. The highest BCUT2D eigenvalue weighted by Crippen LogP contribution is 2.38. The Balaban J connectivity index is 1.88. The summed E-state index contributed by atoms with van der Waals surface area (Å²) >= 11 is 0. The van der Waals surface area contributed by atoms with E-state index in [4.69, 9.17) is 0 Å². The molecular weight excluding hydrogens is 331 g/mol. The molecule has 3 aromatic rings. The minimum atomic E-state index is -1.01. The maximum absolute atomic E-state index is 14.2. The van der Waals surface area contributed by atoms with Gasteiger partial charge < -0.3 is 5.32 Å². The summed E-state index contributed by atoms with van der Waals surface area (Å²) in [5, 5.41) is 2.65. The normalized spacial score (nSPS) is 16.4. The van der Waals surface area contributed by atoms with Crippen molar-refractivity contribution >= 4 is 11.7 Å². The molecule has 1 aliphatic rings. The first-order chi connectivity index (χ1) is 12.1. The Morgan fingerprint density at radius 2 is 1.80 bits per heavy atom. The monoisotopic (exact) mass is 343 g/mol. The Morgan fingerprint density at radius 3 is 2.60 bits per heavy atom. The number of hydrogen-bond donors (Lipinski definition) is 1. The molecule has 0 bridgehead atoms. The first kappa shape index (κ1) is 15.4. The molecule has 1 N–H and O–H groups in total. The van der Waals surface area contributed by atoms with E-state index in [9.17, 15) is 18.0 Å². The summed E-state index contributed by atoms with van der Waals surface area (Å²) in [6.07, 6.45) is 1.29. The number of nitrogens with one attached hydrogen (secondary N) is 1. The van der Waals surface area contributed by atoms with Crippen LogP contribution in [0.5, 0.6) is 0 Å². The largest absolute Gasteiger partial charge is 0.310 e. The van der Waals surface area contributed by atoms with Crippen LogP contribution >= 0.6 is 0 Å². The third kappa shape index (κ3) is 2.48. The molecule has 1 aromatic heterocycles. The van der Waals surface area contributed by atoms with Gasteiger partial charge in [0.1, 0.15) is 18.0 Å². The van der Waals surface area contributed by atoms with Crippen molar-refractivity contribution in [3.05, 3.63) is 77.5 Å². The van der Waals surface area contributed by atoms with E-state index in [1.165, 1.54) is 35.2 Å². The van der Waals surface area contributed by atoms with Crippen LogP contribution in [0.4, 0.5) is 19.0 Å². The van der Waals surface area contributed by atoms with E-state index >= 15 is 0 Å². The summed E-state index contributed by atoms with van der Waals surface area (Å²) in [5.41, 5.74) is 0.624. The Labute approximate surface area is 140 Å². The molecule has 4 rings (SSSR count). The van der Waals surface area contributed by atoms with Crippen molar-refractivity contribution in [2.45, 2.75) is 12.3 Å². The van der Waals surface area contributed by atoms with Gasteiger partial charge in [0, 0.05) is 17.9 Å². The summed E-state index contributed by atoms with van der Waals surface area (Å²) in [7, 11) is 0.